The average Bonchev–Trinajstić information content (AvgIpc) is 3.67. The number of hydrogen-bond acceptors (Lipinski definition) is 4. The number of pyridine rings is 2. The van der Waals surface area contributed by atoms with Crippen molar-refractivity contribution >= 4 is 54.5 Å². The van der Waals surface area contributed by atoms with E-state index >= 15 is 0 Å². The Bertz CT molecular complexity index is 3090. The van der Waals surface area contributed by atoms with Crippen molar-refractivity contribution in [3.8, 4) is 39.5 Å². The molecule has 0 saturated heterocycles. The third kappa shape index (κ3) is 3.88. The van der Waals surface area contributed by atoms with Crippen LogP contribution in [0.3, 0.4) is 0 Å². The summed E-state index contributed by atoms with van der Waals surface area (Å²) in [5.41, 5.74) is 13.8. The molecule has 4 aromatic heterocycles. The zero-order chi connectivity index (χ0) is 34.6. The lowest BCUT2D eigenvalue weighted by molar-refractivity contribution is 0.665. The quantitative estimate of drug-likeness (QED) is 0.176. The lowest BCUT2D eigenvalue weighted by atomic mass is 9.81. The number of nitrogens with zero attached hydrogens (tertiary/aromatic N) is 5. The number of rotatable bonds is 3. The molecule has 11 rings (SSSR count). The van der Waals surface area contributed by atoms with Crippen molar-refractivity contribution in [1.82, 2.24) is 24.5 Å². The Balaban J connectivity index is 1.35. The first-order valence-electron chi connectivity index (χ1n) is 17.7. The van der Waals surface area contributed by atoms with E-state index in [4.69, 9.17) is 19.9 Å². The molecule has 0 fully saturated rings. The number of fused-ring (bicyclic) bond motifs is 13. The van der Waals surface area contributed by atoms with Gasteiger partial charge in [-0.1, -0.05) is 129 Å². The lowest BCUT2D eigenvalue weighted by Gasteiger charge is -2.23. The molecule has 6 aromatic carbocycles. The summed E-state index contributed by atoms with van der Waals surface area (Å²) >= 11 is 0. The van der Waals surface area contributed by atoms with E-state index in [9.17, 15) is 0 Å². The van der Waals surface area contributed by atoms with Gasteiger partial charge in [-0.2, -0.15) is 0 Å². The van der Waals surface area contributed by atoms with Crippen LogP contribution in [0.25, 0.3) is 94.0 Å². The summed E-state index contributed by atoms with van der Waals surface area (Å²) in [6.45, 7) is 4.65. The molecule has 4 heterocycles. The highest BCUT2D eigenvalue weighted by molar-refractivity contribution is 6.26. The van der Waals surface area contributed by atoms with E-state index in [1.807, 2.05) is 18.5 Å². The molecule has 0 radical (unpaired) electrons. The Morgan fingerprint density at radius 2 is 1.19 bits per heavy atom. The maximum atomic E-state index is 5.54. The largest absolute Gasteiger partial charge is 0.277 e. The van der Waals surface area contributed by atoms with E-state index in [2.05, 4.69) is 152 Å². The minimum Gasteiger partial charge on any atom is -0.277 e. The fraction of sp³-hybridized carbons (Fsp3) is 0.0638. The van der Waals surface area contributed by atoms with Crippen molar-refractivity contribution in [3.05, 3.63) is 163 Å². The van der Waals surface area contributed by atoms with Crippen molar-refractivity contribution < 1.29 is 0 Å². The van der Waals surface area contributed by atoms with Crippen molar-refractivity contribution in [1.29, 1.82) is 0 Å². The van der Waals surface area contributed by atoms with Gasteiger partial charge in [0.1, 0.15) is 5.52 Å². The van der Waals surface area contributed by atoms with E-state index in [-0.39, 0.29) is 5.41 Å². The molecule has 1 aliphatic rings. The van der Waals surface area contributed by atoms with Crippen molar-refractivity contribution in [3.63, 3.8) is 0 Å². The molecule has 10 aromatic rings. The second kappa shape index (κ2) is 10.6. The second-order valence-corrected chi connectivity index (χ2v) is 14.2. The van der Waals surface area contributed by atoms with Gasteiger partial charge in [0.2, 0.25) is 5.95 Å². The molecule has 0 amide bonds. The molecule has 5 nitrogen and oxygen atoms in total. The summed E-state index contributed by atoms with van der Waals surface area (Å²) in [4.78, 5) is 21.1. The SMILES string of the molecule is CC1(C)c2ccccc2-c2c1c1ncccc1c1c3ccccc3n(-c3nc(-c4ccccc4)c4ccc5c(-c6ccccc6)ccnc5c4n3)c21. The van der Waals surface area contributed by atoms with Gasteiger partial charge >= 0.3 is 0 Å². The number of para-hydroxylation sites is 1. The van der Waals surface area contributed by atoms with E-state index in [0.29, 0.717) is 5.95 Å². The summed E-state index contributed by atoms with van der Waals surface area (Å²) in [5.74, 6) is 0.615. The lowest BCUT2D eigenvalue weighted by Crippen LogP contribution is -2.16. The Kier molecular flexibility index (Phi) is 5.95. The minimum absolute atomic E-state index is 0.262. The van der Waals surface area contributed by atoms with Gasteiger partial charge in [-0.05, 0) is 52.1 Å². The monoisotopic (exact) mass is 665 g/mol. The van der Waals surface area contributed by atoms with Crippen LogP contribution in [0.1, 0.15) is 25.0 Å². The smallest absolute Gasteiger partial charge is 0.235 e. The second-order valence-electron chi connectivity index (χ2n) is 14.2. The predicted octanol–water partition coefficient (Wildman–Crippen LogP) is 11.5. The summed E-state index contributed by atoms with van der Waals surface area (Å²) in [6, 6.07) is 49.1. The van der Waals surface area contributed by atoms with Crippen LogP contribution in [-0.2, 0) is 5.41 Å². The molecule has 0 N–H and O–H groups in total. The highest BCUT2D eigenvalue weighted by Crippen LogP contribution is 2.55. The standard InChI is InChI=1S/C47H31N5/c1-47(2)36-21-11-9-18-32(36)39-40(47)42-34(20-13-26-48-42)38-33-19-10-12-22-37(33)52(45(38)39)46-50-41(29-16-7-4-8-17-29)35-24-23-31-30(28-14-5-3-6-15-28)25-27-49-43(31)44(35)51-46/h3-27H,1-2H3. The first-order chi connectivity index (χ1) is 25.6. The molecular weight excluding hydrogens is 635 g/mol. The minimum atomic E-state index is -0.262. The van der Waals surface area contributed by atoms with Crippen LogP contribution in [-0.4, -0.2) is 24.5 Å². The Morgan fingerprint density at radius 1 is 0.500 bits per heavy atom. The average molecular weight is 666 g/mol. The highest BCUT2D eigenvalue weighted by Gasteiger charge is 2.40. The molecule has 0 spiro atoms. The van der Waals surface area contributed by atoms with Crippen molar-refractivity contribution in [2.45, 2.75) is 19.3 Å². The summed E-state index contributed by atoms with van der Waals surface area (Å²) in [5, 5.41) is 5.47. The van der Waals surface area contributed by atoms with Crippen LogP contribution >= 0.6 is 0 Å². The van der Waals surface area contributed by atoms with Crippen LogP contribution in [0.2, 0.25) is 0 Å². The Morgan fingerprint density at radius 3 is 2.04 bits per heavy atom. The Labute approximate surface area is 299 Å². The zero-order valence-corrected chi connectivity index (χ0v) is 28.7. The van der Waals surface area contributed by atoms with E-state index in [0.717, 1.165) is 76.9 Å². The molecule has 0 aliphatic heterocycles. The van der Waals surface area contributed by atoms with Crippen molar-refractivity contribution in [2.24, 2.45) is 0 Å². The van der Waals surface area contributed by atoms with Gasteiger partial charge in [0, 0.05) is 55.9 Å². The summed E-state index contributed by atoms with van der Waals surface area (Å²) in [7, 11) is 0. The third-order valence-electron chi connectivity index (χ3n) is 11.1. The van der Waals surface area contributed by atoms with E-state index in [1.165, 1.54) is 22.3 Å². The van der Waals surface area contributed by atoms with Gasteiger partial charge in [-0.3, -0.25) is 14.5 Å². The fourth-order valence-electron chi connectivity index (χ4n) is 8.83. The molecule has 0 bridgehead atoms. The predicted molar refractivity (Wildman–Crippen MR) is 213 cm³/mol. The summed E-state index contributed by atoms with van der Waals surface area (Å²) in [6.07, 6.45) is 3.83. The number of benzene rings is 6. The van der Waals surface area contributed by atoms with Crippen LogP contribution in [0.4, 0.5) is 0 Å². The van der Waals surface area contributed by atoms with E-state index in [1.54, 1.807) is 0 Å². The number of hydrogen-bond donors (Lipinski definition) is 0. The molecule has 5 heteroatoms. The van der Waals surface area contributed by atoms with Crippen LogP contribution < -0.4 is 0 Å². The zero-order valence-electron chi connectivity index (χ0n) is 28.7. The first kappa shape index (κ1) is 29.1. The van der Waals surface area contributed by atoms with Gasteiger partial charge in [0.05, 0.1) is 27.8 Å². The van der Waals surface area contributed by atoms with E-state index < -0.39 is 0 Å². The maximum absolute atomic E-state index is 5.54. The molecule has 0 saturated carbocycles. The van der Waals surface area contributed by atoms with Gasteiger partial charge in [0.25, 0.3) is 0 Å². The molecule has 0 atom stereocenters. The highest BCUT2D eigenvalue weighted by atomic mass is 15.2. The molecule has 244 valence electrons. The Hall–Kier alpha value is -6.72. The molecule has 1 aliphatic carbocycles. The normalized spacial score (nSPS) is 13.3. The van der Waals surface area contributed by atoms with Crippen LogP contribution in [0.5, 0.6) is 0 Å². The topological polar surface area (TPSA) is 56.5 Å². The number of aromatic nitrogens is 5. The van der Waals surface area contributed by atoms with Crippen LogP contribution in [0.15, 0.2) is 152 Å². The van der Waals surface area contributed by atoms with Gasteiger partial charge in [0.15, 0.2) is 0 Å². The van der Waals surface area contributed by atoms with Gasteiger partial charge in [-0.25, -0.2) is 9.97 Å². The van der Waals surface area contributed by atoms with Crippen molar-refractivity contribution in [2.75, 3.05) is 0 Å². The fourth-order valence-corrected chi connectivity index (χ4v) is 8.83. The third-order valence-corrected chi connectivity index (χ3v) is 11.1. The molecule has 52 heavy (non-hydrogen) atoms. The van der Waals surface area contributed by atoms with Gasteiger partial charge in [-0.15, -0.1) is 0 Å². The molecular formula is C47H31N5. The van der Waals surface area contributed by atoms with Gasteiger partial charge < -0.3 is 0 Å². The first-order valence-corrected chi connectivity index (χ1v) is 17.7. The molecule has 0 unspecified atom stereocenters. The summed E-state index contributed by atoms with van der Waals surface area (Å²) < 4.78 is 2.31. The maximum Gasteiger partial charge on any atom is 0.235 e. The van der Waals surface area contributed by atoms with Crippen LogP contribution in [0, 0.1) is 0 Å².